The Hall–Kier alpha value is -0.350. The third-order valence-corrected chi connectivity index (χ3v) is 4.31. The van der Waals surface area contributed by atoms with Gasteiger partial charge >= 0.3 is 0 Å². The predicted octanol–water partition coefficient (Wildman–Crippen LogP) is 3.68. The van der Waals surface area contributed by atoms with E-state index in [1.165, 1.54) is 25.0 Å². The molecule has 0 spiro atoms. The van der Waals surface area contributed by atoms with E-state index in [9.17, 15) is 0 Å². The van der Waals surface area contributed by atoms with Gasteiger partial charge in [-0.05, 0) is 55.1 Å². The zero-order valence-corrected chi connectivity index (χ0v) is 12.5. The Morgan fingerprint density at radius 3 is 3.00 bits per heavy atom. The molecule has 3 nitrogen and oxygen atoms in total. The molecule has 4 heteroatoms. The van der Waals surface area contributed by atoms with Crippen molar-refractivity contribution in [2.75, 3.05) is 6.54 Å². The molecule has 0 amide bonds. The molecule has 1 aromatic rings. The van der Waals surface area contributed by atoms with E-state index in [2.05, 4.69) is 51.8 Å². The van der Waals surface area contributed by atoms with Gasteiger partial charge in [0.05, 0.1) is 22.4 Å². The fourth-order valence-corrected chi connectivity index (χ4v) is 3.21. The number of hydrogen-bond donors (Lipinski definition) is 1. The molecule has 0 radical (unpaired) electrons. The Morgan fingerprint density at radius 1 is 1.59 bits per heavy atom. The van der Waals surface area contributed by atoms with Crippen LogP contribution in [-0.2, 0) is 0 Å². The lowest BCUT2D eigenvalue weighted by atomic mass is 9.89. The number of nitrogens with zero attached hydrogens (tertiary/aromatic N) is 2. The van der Waals surface area contributed by atoms with Gasteiger partial charge in [0.2, 0.25) is 0 Å². The molecule has 2 rings (SSSR count). The second kappa shape index (κ2) is 5.53. The molecule has 0 saturated carbocycles. The summed E-state index contributed by atoms with van der Waals surface area (Å²) in [7, 11) is 0. The first-order chi connectivity index (χ1) is 8.13. The van der Waals surface area contributed by atoms with Crippen LogP contribution in [0.15, 0.2) is 10.7 Å². The van der Waals surface area contributed by atoms with E-state index in [0.717, 1.165) is 16.9 Å². The van der Waals surface area contributed by atoms with E-state index in [-0.39, 0.29) is 0 Å². The monoisotopic (exact) mass is 299 g/mol. The summed E-state index contributed by atoms with van der Waals surface area (Å²) in [5.41, 5.74) is 1.32. The Balaban J connectivity index is 2.23. The van der Waals surface area contributed by atoms with Gasteiger partial charge < -0.3 is 5.32 Å². The van der Waals surface area contributed by atoms with Crippen molar-refractivity contribution >= 4 is 15.9 Å². The van der Waals surface area contributed by atoms with E-state index in [0.29, 0.717) is 12.1 Å². The van der Waals surface area contributed by atoms with Gasteiger partial charge in [0, 0.05) is 6.04 Å². The van der Waals surface area contributed by atoms with Gasteiger partial charge in [-0.1, -0.05) is 13.3 Å². The van der Waals surface area contributed by atoms with Crippen molar-refractivity contribution in [3.05, 3.63) is 16.4 Å². The van der Waals surface area contributed by atoms with Gasteiger partial charge in [0.15, 0.2) is 0 Å². The summed E-state index contributed by atoms with van der Waals surface area (Å²) in [4.78, 5) is 0. The number of nitrogens with one attached hydrogen (secondary N) is 1. The molecule has 1 aromatic heterocycles. The van der Waals surface area contributed by atoms with E-state index in [1.807, 2.05) is 6.20 Å². The van der Waals surface area contributed by atoms with Gasteiger partial charge in [0.25, 0.3) is 0 Å². The molecule has 1 fully saturated rings. The first-order valence-electron chi connectivity index (χ1n) is 6.59. The Kier molecular flexibility index (Phi) is 4.26. The zero-order valence-electron chi connectivity index (χ0n) is 10.9. The quantitative estimate of drug-likeness (QED) is 0.923. The third kappa shape index (κ3) is 2.74. The van der Waals surface area contributed by atoms with E-state index >= 15 is 0 Å². The number of aromatic nitrogens is 2. The molecule has 1 aliphatic rings. The molecule has 2 atom stereocenters. The molecular weight excluding hydrogens is 278 g/mol. The fourth-order valence-electron chi connectivity index (χ4n) is 2.66. The highest BCUT2D eigenvalue weighted by Gasteiger charge is 2.26. The SMILES string of the molecule is CCC1CCNC(c2c(Br)cnn2C(C)C)C1. The van der Waals surface area contributed by atoms with Crippen LogP contribution >= 0.6 is 15.9 Å². The largest absolute Gasteiger partial charge is 0.309 e. The molecule has 2 unspecified atom stereocenters. The maximum absolute atomic E-state index is 4.47. The first-order valence-corrected chi connectivity index (χ1v) is 7.39. The van der Waals surface area contributed by atoms with Crippen LogP contribution in [0.25, 0.3) is 0 Å². The highest BCUT2D eigenvalue weighted by Crippen LogP contribution is 2.33. The smallest absolute Gasteiger partial charge is 0.0698 e. The average molecular weight is 300 g/mol. The van der Waals surface area contributed by atoms with Crippen molar-refractivity contribution < 1.29 is 0 Å². The Labute approximate surface area is 112 Å². The van der Waals surface area contributed by atoms with Crippen molar-refractivity contribution in [3.63, 3.8) is 0 Å². The molecular formula is C13H22BrN3. The first kappa shape index (κ1) is 13.1. The van der Waals surface area contributed by atoms with Crippen molar-refractivity contribution in [2.45, 2.75) is 52.1 Å². The molecule has 1 N–H and O–H groups in total. The van der Waals surface area contributed by atoms with Crippen molar-refractivity contribution in [1.82, 2.24) is 15.1 Å². The molecule has 0 bridgehead atoms. The summed E-state index contributed by atoms with van der Waals surface area (Å²) in [6.07, 6.45) is 5.74. The minimum Gasteiger partial charge on any atom is -0.309 e. The molecule has 1 saturated heterocycles. The van der Waals surface area contributed by atoms with E-state index < -0.39 is 0 Å². The number of piperidine rings is 1. The van der Waals surface area contributed by atoms with Gasteiger partial charge in [-0.25, -0.2) is 0 Å². The molecule has 0 aliphatic carbocycles. The summed E-state index contributed by atoms with van der Waals surface area (Å²) in [5.74, 6) is 0.851. The lowest BCUT2D eigenvalue weighted by Gasteiger charge is -2.31. The van der Waals surface area contributed by atoms with Gasteiger partial charge in [-0.3, -0.25) is 4.68 Å². The average Bonchev–Trinajstić information content (AvgIpc) is 2.71. The van der Waals surface area contributed by atoms with Crippen LogP contribution < -0.4 is 5.32 Å². The Bertz CT molecular complexity index is 373. The van der Waals surface area contributed by atoms with Crippen LogP contribution in [0.4, 0.5) is 0 Å². The van der Waals surface area contributed by atoms with E-state index in [4.69, 9.17) is 0 Å². The van der Waals surface area contributed by atoms with Gasteiger partial charge in [-0.15, -0.1) is 0 Å². The maximum atomic E-state index is 4.47. The van der Waals surface area contributed by atoms with Crippen LogP contribution in [0.5, 0.6) is 0 Å². The topological polar surface area (TPSA) is 29.9 Å². The maximum Gasteiger partial charge on any atom is 0.0698 e. The minimum atomic E-state index is 0.417. The minimum absolute atomic E-state index is 0.417. The van der Waals surface area contributed by atoms with Crippen molar-refractivity contribution in [3.8, 4) is 0 Å². The fraction of sp³-hybridized carbons (Fsp3) is 0.769. The lowest BCUT2D eigenvalue weighted by Crippen LogP contribution is -2.33. The van der Waals surface area contributed by atoms with Crippen molar-refractivity contribution in [2.24, 2.45) is 5.92 Å². The summed E-state index contributed by atoms with van der Waals surface area (Å²) in [5, 5.41) is 8.10. The van der Waals surface area contributed by atoms with Crippen LogP contribution in [0.2, 0.25) is 0 Å². The summed E-state index contributed by atoms with van der Waals surface area (Å²) < 4.78 is 3.28. The normalized spacial score (nSPS) is 25.5. The van der Waals surface area contributed by atoms with Gasteiger partial charge in [0.1, 0.15) is 0 Å². The number of halogens is 1. The summed E-state index contributed by atoms with van der Waals surface area (Å²) in [6, 6.07) is 0.869. The van der Waals surface area contributed by atoms with Crippen LogP contribution in [0.1, 0.15) is 57.8 Å². The van der Waals surface area contributed by atoms with Gasteiger partial charge in [-0.2, -0.15) is 5.10 Å². The highest BCUT2D eigenvalue weighted by molar-refractivity contribution is 9.10. The lowest BCUT2D eigenvalue weighted by molar-refractivity contribution is 0.284. The second-order valence-corrected chi connectivity index (χ2v) is 6.08. The number of rotatable bonds is 3. The molecule has 1 aliphatic heterocycles. The third-order valence-electron chi connectivity index (χ3n) is 3.70. The predicted molar refractivity (Wildman–Crippen MR) is 74.1 cm³/mol. The van der Waals surface area contributed by atoms with Crippen molar-refractivity contribution in [1.29, 1.82) is 0 Å². The molecule has 96 valence electrons. The van der Waals surface area contributed by atoms with Crippen LogP contribution in [0, 0.1) is 5.92 Å². The van der Waals surface area contributed by atoms with Crippen LogP contribution in [0.3, 0.4) is 0 Å². The highest BCUT2D eigenvalue weighted by atomic mass is 79.9. The summed E-state index contributed by atoms with van der Waals surface area (Å²) >= 11 is 3.64. The van der Waals surface area contributed by atoms with Crippen LogP contribution in [-0.4, -0.2) is 16.3 Å². The summed E-state index contributed by atoms with van der Waals surface area (Å²) in [6.45, 7) is 7.78. The standard InChI is InChI=1S/C13H22BrN3/c1-4-10-5-6-15-12(7-10)13-11(14)8-16-17(13)9(2)3/h8-10,12,15H,4-7H2,1-3H3. The second-order valence-electron chi connectivity index (χ2n) is 5.22. The van der Waals surface area contributed by atoms with E-state index in [1.54, 1.807) is 0 Å². The molecule has 17 heavy (non-hydrogen) atoms. The molecule has 2 heterocycles. The Morgan fingerprint density at radius 2 is 2.35 bits per heavy atom. The number of hydrogen-bond acceptors (Lipinski definition) is 2. The molecule has 0 aromatic carbocycles. The zero-order chi connectivity index (χ0) is 12.4.